The fourth-order valence-electron chi connectivity index (χ4n) is 0.990. The molecule has 0 spiro atoms. The molecule has 0 aliphatic carbocycles. The number of carbonyl (C=O) groups excluding carboxylic acids is 1. The topological polar surface area (TPSA) is 29.1 Å². The highest BCUT2D eigenvalue weighted by Crippen LogP contribution is 2.04. The van der Waals surface area contributed by atoms with Gasteiger partial charge >= 0.3 is 0 Å². The van der Waals surface area contributed by atoms with E-state index in [4.69, 9.17) is 0 Å². The van der Waals surface area contributed by atoms with Gasteiger partial charge in [-0.15, -0.1) is 6.58 Å². The van der Waals surface area contributed by atoms with Gasteiger partial charge in [0.1, 0.15) is 0 Å². The van der Waals surface area contributed by atoms with Crippen molar-refractivity contribution in [2.45, 2.75) is 6.42 Å². The van der Waals surface area contributed by atoms with E-state index in [1.165, 1.54) is 0 Å². The van der Waals surface area contributed by atoms with Crippen LogP contribution in [-0.4, -0.2) is 12.3 Å². The summed E-state index contributed by atoms with van der Waals surface area (Å²) in [6.07, 6.45) is 2.05. The van der Waals surface area contributed by atoms with Gasteiger partial charge < -0.3 is 5.32 Å². The minimum Gasteiger partial charge on any atom is -0.378 e. The van der Waals surface area contributed by atoms with Gasteiger partial charge in [0.05, 0.1) is 6.54 Å². The molecular formula is C11H13NO. The van der Waals surface area contributed by atoms with E-state index in [9.17, 15) is 4.79 Å². The monoisotopic (exact) mass is 175 g/mol. The molecule has 0 amide bonds. The number of anilines is 1. The average Bonchev–Trinajstić information content (AvgIpc) is 2.17. The van der Waals surface area contributed by atoms with Crippen LogP contribution in [0.15, 0.2) is 43.0 Å². The molecule has 1 rings (SSSR count). The molecule has 0 aromatic heterocycles. The van der Waals surface area contributed by atoms with Crippen LogP contribution in [0.3, 0.4) is 0 Å². The first-order valence-corrected chi connectivity index (χ1v) is 4.24. The second kappa shape index (κ2) is 5.14. The van der Waals surface area contributed by atoms with Gasteiger partial charge in [0, 0.05) is 12.1 Å². The van der Waals surface area contributed by atoms with Crippen molar-refractivity contribution in [3.05, 3.63) is 43.0 Å². The zero-order chi connectivity index (χ0) is 9.52. The Morgan fingerprint density at radius 3 is 2.69 bits per heavy atom. The van der Waals surface area contributed by atoms with Gasteiger partial charge in [-0.2, -0.15) is 0 Å². The number of Topliss-reactive ketones (excluding diaryl/α,β-unsaturated/α-hetero) is 1. The third-order valence-electron chi connectivity index (χ3n) is 1.64. The van der Waals surface area contributed by atoms with Crippen molar-refractivity contribution in [3.63, 3.8) is 0 Å². The number of rotatable bonds is 5. The van der Waals surface area contributed by atoms with E-state index >= 15 is 0 Å². The smallest absolute Gasteiger partial charge is 0.155 e. The number of benzene rings is 1. The number of hydrogen-bond donors (Lipinski definition) is 1. The summed E-state index contributed by atoms with van der Waals surface area (Å²) < 4.78 is 0. The van der Waals surface area contributed by atoms with Gasteiger partial charge in [0.15, 0.2) is 5.78 Å². The van der Waals surface area contributed by atoms with Crippen molar-refractivity contribution >= 4 is 11.5 Å². The molecule has 0 fully saturated rings. The van der Waals surface area contributed by atoms with Gasteiger partial charge in [-0.1, -0.05) is 24.3 Å². The van der Waals surface area contributed by atoms with Crippen molar-refractivity contribution in [1.29, 1.82) is 0 Å². The summed E-state index contributed by atoms with van der Waals surface area (Å²) in [6, 6.07) is 9.67. The third kappa shape index (κ3) is 3.56. The maximum Gasteiger partial charge on any atom is 0.155 e. The minimum absolute atomic E-state index is 0.152. The predicted molar refractivity (Wildman–Crippen MR) is 54.8 cm³/mol. The van der Waals surface area contributed by atoms with Crippen LogP contribution >= 0.6 is 0 Å². The zero-order valence-corrected chi connectivity index (χ0v) is 7.49. The van der Waals surface area contributed by atoms with Crippen molar-refractivity contribution in [2.75, 3.05) is 11.9 Å². The second-order valence-electron chi connectivity index (χ2n) is 2.75. The minimum atomic E-state index is 0.152. The highest BCUT2D eigenvalue weighted by atomic mass is 16.1. The van der Waals surface area contributed by atoms with E-state index < -0.39 is 0 Å². The Kier molecular flexibility index (Phi) is 3.76. The van der Waals surface area contributed by atoms with Crippen LogP contribution < -0.4 is 5.32 Å². The van der Waals surface area contributed by atoms with E-state index in [1.807, 2.05) is 30.3 Å². The first kappa shape index (κ1) is 9.52. The first-order chi connectivity index (χ1) is 6.33. The first-order valence-electron chi connectivity index (χ1n) is 4.24. The molecule has 13 heavy (non-hydrogen) atoms. The van der Waals surface area contributed by atoms with Gasteiger partial charge in [0.25, 0.3) is 0 Å². The molecule has 0 aliphatic rings. The van der Waals surface area contributed by atoms with Gasteiger partial charge in [-0.3, -0.25) is 4.79 Å². The molecule has 1 aromatic rings. The van der Waals surface area contributed by atoms with Crippen molar-refractivity contribution in [2.24, 2.45) is 0 Å². The van der Waals surface area contributed by atoms with Crippen LogP contribution in [0.5, 0.6) is 0 Å². The summed E-state index contributed by atoms with van der Waals surface area (Å²) in [5.41, 5.74) is 0.972. The molecule has 68 valence electrons. The van der Waals surface area contributed by atoms with Gasteiger partial charge in [0.2, 0.25) is 0 Å². The molecule has 0 aliphatic heterocycles. The quantitative estimate of drug-likeness (QED) is 0.695. The molecule has 1 aromatic carbocycles. The molecule has 2 heteroatoms. The van der Waals surface area contributed by atoms with Crippen molar-refractivity contribution in [3.8, 4) is 0 Å². The van der Waals surface area contributed by atoms with E-state index in [-0.39, 0.29) is 5.78 Å². The molecule has 0 bridgehead atoms. The maximum atomic E-state index is 11.1. The lowest BCUT2D eigenvalue weighted by molar-refractivity contribution is -0.116. The molecule has 0 unspecified atom stereocenters. The highest BCUT2D eigenvalue weighted by Gasteiger charge is 1.97. The Morgan fingerprint density at radius 1 is 1.38 bits per heavy atom. The normalized spacial score (nSPS) is 9.23. The largest absolute Gasteiger partial charge is 0.378 e. The molecule has 0 radical (unpaired) electrons. The SMILES string of the molecule is C=CCC(=O)CNc1ccccc1. The van der Waals surface area contributed by atoms with Crippen LogP contribution in [0.25, 0.3) is 0 Å². The Balaban J connectivity index is 2.35. The Morgan fingerprint density at radius 2 is 2.08 bits per heavy atom. The van der Waals surface area contributed by atoms with E-state index in [0.29, 0.717) is 13.0 Å². The zero-order valence-electron chi connectivity index (χ0n) is 7.49. The highest BCUT2D eigenvalue weighted by molar-refractivity contribution is 5.84. The number of ketones is 1. The van der Waals surface area contributed by atoms with Crippen LogP contribution in [0.2, 0.25) is 0 Å². The molecular weight excluding hydrogens is 162 g/mol. The second-order valence-corrected chi connectivity index (χ2v) is 2.75. The van der Waals surface area contributed by atoms with Crippen LogP contribution in [0.4, 0.5) is 5.69 Å². The predicted octanol–water partition coefficient (Wildman–Crippen LogP) is 2.24. The number of allylic oxidation sites excluding steroid dienone is 1. The van der Waals surface area contributed by atoms with Gasteiger partial charge in [-0.25, -0.2) is 0 Å². The molecule has 0 heterocycles. The van der Waals surface area contributed by atoms with Crippen LogP contribution in [0, 0.1) is 0 Å². The fourth-order valence-corrected chi connectivity index (χ4v) is 0.990. The lowest BCUT2D eigenvalue weighted by Crippen LogP contribution is -2.12. The number of para-hydroxylation sites is 1. The average molecular weight is 175 g/mol. The van der Waals surface area contributed by atoms with Crippen molar-refractivity contribution in [1.82, 2.24) is 0 Å². The molecule has 0 atom stereocenters. The van der Waals surface area contributed by atoms with Crippen LogP contribution in [0.1, 0.15) is 6.42 Å². The number of hydrogen-bond acceptors (Lipinski definition) is 2. The van der Waals surface area contributed by atoms with E-state index in [2.05, 4.69) is 11.9 Å². The van der Waals surface area contributed by atoms with Crippen LogP contribution in [-0.2, 0) is 4.79 Å². The summed E-state index contributed by atoms with van der Waals surface area (Å²) >= 11 is 0. The summed E-state index contributed by atoms with van der Waals surface area (Å²) in [5.74, 6) is 0.152. The molecule has 2 nitrogen and oxygen atoms in total. The van der Waals surface area contributed by atoms with E-state index in [1.54, 1.807) is 6.08 Å². The van der Waals surface area contributed by atoms with Gasteiger partial charge in [-0.05, 0) is 12.1 Å². The maximum absolute atomic E-state index is 11.1. The van der Waals surface area contributed by atoms with Crippen molar-refractivity contribution < 1.29 is 4.79 Å². The third-order valence-corrected chi connectivity index (χ3v) is 1.64. The lowest BCUT2D eigenvalue weighted by Gasteiger charge is -2.03. The summed E-state index contributed by atoms with van der Waals surface area (Å²) in [4.78, 5) is 11.1. The summed E-state index contributed by atoms with van der Waals surface area (Å²) in [5, 5.41) is 3.03. The molecule has 0 saturated carbocycles. The lowest BCUT2D eigenvalue weighted by atomic mass is 10.2. The Bertz CT molecular complexity index is 279. The number of carbonyl (C=O) groups is 1. The fraction of sp³-hybridized carbons (Fsp3) is 0.182. The standard InChI is InChI=1S/C11H13NO/c1-2-6-11(13)9-12-10-7-4-3-5-8-10/h2-5,7-8,12H,1,6,9H2. The summed E-state index contributed by atoms with van der Waals surface area (Å²) in [6.45, 7) is 3.88. The number of nitrogens with one attached hydrogen (secondary N) is 1. The molecule has 1 N–H and O–H groups in total. The van der Waals surface area contributed by atoms with E-state index in [0.717, 1.165) is 5.69 Å². The molecule has 0 saturated heterocycles. The Hall–Kier alpha value is -1.57. The Labute approximate surface area is 78.3 Å². The summed E-state index contributed by atoms with van der Waals surface area (Å²) in [7, 11) is 0.